The average Bonchev–Trinajstić information content (AvgIpc) is 2.85. The normalized spacial score (nSPS) is 11.7. The minimum Gasteiger partial charge on any atom is -0.310 e. The number of imidazole rings is 1. The average molecular weight is 321 g/mol. The summed E-state index contributed by atoms with van der Waals surface area (Å²) in [5, 5.41) is 3.06. The van der Waals surface area contributed by atoms with Gasteiger partial charge in [0, 0.05) is 18.2 Å². The fourth-order valence-electron chi connectivity index (χ4n) is 2.69. The first-order chi connectivity index (χ1) is 11.3. The zero-order chi connectivity index (χ0) is 17.3. The maximum atomic E-state index is 12.5. The molecule has 2 heterocycles. The van der Waals surface area contributed by atoms with Crippen LogP contribution in [0.3, 0.4) is 0 Å². The van der Waals surface area contributed by atoms with E-state index in [4.69, 9.17) is 4.98 Å². The third kappa shape index (κ3) is 3.48. The van der Waals surface area contributed by atoms with Gasteiger partial charge in [-0.25, -0.2) is 4.98 Å². The number of hydrogen-bond donors (Lipinski definition) is 1. The van der Waals surface area contributed by atoms with Crippen LogP contribution < -0.4 is 5.32 Å². The second kappa shape index (κ2) is 6.11. The van der Waals surface area contributed by atoms with Crippen LogP contribution in [0.25, 0.3) is 16.9 Å². The van der Waals surface area contributed by atoms with Gasteiger partial charge in [-0.2, -0.15) is 0 Å². The molecule has 4 heteroatoms. The van der Waals surface area contributed by atoms with E-state index in [9.17, 15) is 4.79 Å². The third-order valence-corrected chi connectivity index (χ3v) is 3.80. The van der Waals surface area contributed by atoms with Crippen LogP contribution >= 0.6 is 0 Å². The molecule has 0 atom stereocenters. The number of nitrogens with zero attached hydrogens (tertiary/aromatic N) is 2. The number of aryl methyl sites for hydroxylation is 1. The highest BCUT2D eigenvalue weighted by Crippen LogP contribution is 2.30. The second-order valence-electron chi connectivity index (χ2n) is 7.39. The van der Waals surface area contributed by atoms with Crippen molar-refractivity contribution in [2.24, 2.45) is 5.41 Å². The van der Waals surface area contributed by atoms with Crippen molar-refractivity contribution in [1.82, 2.24) is 9.38 Å². The summed E-state index contributed by atoms with van der Waals surface area (Å²) in [6, 6.07) is 14.0. The van der Waals surface area contributed by atoms with Crippen molar-refractivity contribution in [2.75, 3.05) is 5.32 Å². The van der Waals surface area contributed by atoms with Gasteiger partial charge in [0.1, 0.15) is 17.2 Å². The lowest BCUT2D eigenvalue weighted by atomic mass is 9.92. The van der Waals surface area contributed by atoms with Crippen molar-refractivity contribution >= 4 is 17.4 Å². The van der Waals surface area contributed by atoms with Crippen LogP contribution in [0.1, 0.15) is 32.8 Å². The van der Waals surface area contributed by atoms with Crippen molar-refractivity contribution in [3.63, 3.8) is 0 Å². The molecule has 0 saturated carbocycles. The molecule has 124 valence electrons. The van der Waals surface area contributed by atoms with Crippen LogP contribution in [-0.4, -0.2) is 15.3 Å². The van der Waals surface area contributed by atoms with E-state index in [1.54, 1.807) is 0 Å². The molecule has 4 nitrogen and oxygen atoms in total. The summed E-state index contributed by atoms with van der Waals surface area (Å²) in [6.45, 7) is 8.23. The molecule has 24 heavy (non-hydrogen) atoms. The molecule has 0 radical (unpaired) electrons. The Morgan fingerprint density at radius 3 is 2.50 bits per heavy atom. The molecule has 0 aliphatic carbocycles. The molecule has 0 fully saturated rings. The number of carbonyl (C=O) groups is 1. The molecule has 0 saturated heterocycles. The SMILES string of the molecule is Cc1ccc(-c2nc3ccccn3c2NC(=O)CC(C)(C)C)cc1. The Bertz CT molecular complexity index is 870. The Hall–Kier alpha value is -2.62. The molecule has 1 amide bonds. The molecule has 0 spiro atoms. The van der Waals surface area contributed by atoms with E-state index in [-0.39, 0.29) is 11.3 Å². The van der Waals surface area contributed by atoms with Crippen LogP contribution in [0.5, 0.6) is 0 Å². The van der Waals surface area contributed by atoms with E-state index in [1.165, 1.54) is 5.56 Å². The Kier molecular flexibility index (Phi) is 4.14. The Morgan fingerprint density at radius 2 is 1.83 bits per heavy atom. The van der Waals surface area contributed by atoms with Gasteiger partial charge in [-0.05, 0) is 24.5 Å². The van der Waals surface area contributed by atoms with Crippen LogP contribution in [0.2, 0.25) is 0 Å². The number of rotatable bonds is 3. The van der Waals surface area contributed by atoms with Crippen LogP contribution in [-0.2, 0) is 4.79 Å². The zero-order valence-electron chi connectivity index (χ0n) is 14.6. The van der Waals surface area contributed by atoms with Gasteiger partial charge in [-0.3, -0.25) is 9.20 Å². The molecular formula is C20H23N3O. The number of hydrogen-bond acceptors (Lipinski definition) is 2. The molecular weight excluding hydrogens is 298 g/mol. The van der Waals surface area contributed by atoms with Gasteiger partial charge in [0.25, 0.3) is 0 Å². The van der Waals surface area contributed by atoms with E-state index in [1.807, 2.05) is 40.9 Å². The lowest BCUT2D eigenvalue weighted by Crippen LogP contribution is -2.20. The minimum atomic E-state index is -0.0609. The predicted molar refractivity (Wildman–Crippen MR) is 98.1 cm³/mol. The fraction of sp³-hybridized carbons (Fsp3) is 0.300. The van der Waals surface area contributed by atoms with Gasteiger partial charge in [0.15, 0.2) is 0 Å². The largest absolute Gasteiger partial charge is 0.310 e. The topological polar surface area (TPSA) is 46.4 Å². The number of nitrogens with one attached hydrogen (secondary N) is 1. The number of aromatic nitrogens is 2. The number of amides is 1. The summed E-state index contributed by atoms with van der Waals surface area (Å²) in [4.78, 5) is 17.2. The highest BCUT2D eigenvalue weighted by Gasteiger charge is 2.20. The Morgan fingerprint density at radius 1 is 1.12 bits per heavy atom. The minimum absolute atomic E-state index is 0.00140. The lowest BCUT2D eigenvalue weighted by molar-refractivity contribution is -0.117. The first-order valence-corrected chi connectivity index (χ1v) is 8.17. The number of anilines is 1. The third-order valence-electron chi connectivity index (χ3n) is 3.80. The van der Waals surface area contributed by atoms with E-state index in [0.29, 0.717) is 6.42 Å². The number of pyridine rings is 1. The maximum Gasteiger partial charge on any atom is 0.226 e. The monoisotopic (exact) mass is 321 g/mol. The molecule has 2 aromatic heterocycles. The first-order valence-electron chi connectivity index (χ1n) is 8.17. The molecule has 0 aliphatic rings. The van der Waals surface area contributed by atoms with Crippen molar-refractivity contribution in [3.05, 3.63) is 54.2 Å². The summed E-state index contributed by atoms with van der Waals surface area (Å²) in [5.41, 5.74) is 3.74. The quantitative estimate of drug-likeness (QED) is 0.761. The predicted octanol–water partition coefficient (Wildman–Crippen LogP) is 4.68. The second-order valence-corrected chi connectivity index (χ2v) is 7.39. The summed E-state index contributed by atoms with van der Waals surface area (Å²) >= 11 is 0. The fourth-order valence-corrected chi connectivity index (χ4v) is 2.69. The van der Waals surface area contributed by atoms with Crippen molar-refractivity contribution in [1.29, 1.82) is 0 Å². The molecule has 0 bridgehead atoms. The first kappa shape index (κ1) is 16.2. The number of benzene rings is 1. The summed E-state index contributed by atoms with van der Waals surface area (Å²) in [5.74, 6) is 0.727. The van der Waals surface area contributed by atoms with E-state index in [0.717, 1.165) is 22.7 Å². The number of fused-ring (bicyclic) bond motifs is 1. The summed E-state index contributed by atoms with van der Waals surface area (Å²) in [6.07, 6.45) is 2.38. The summed E-state index contributed by atoms with van der Waals surface area (Å²) in [7, 11) is 0. The summed E-state index contributed by atoms with van der Waals surface area (Å²) < 4.78 is 1.93. The van der Waals surface area contributed by atoms with Crippen molar-refractivity contribution < 1.29 is 4.79 Å². The molecule has 1 aromatic carbocycles. The zero-order valence-corrected chi connectivity index (χ0v) is 14.6. The van der Waals surface area contributed by atoms with Crippen LogP contribution in [0, 0.1) is 12.3 Å². The smallest absolute Gasteiger partial charge is 0.226 e. The Labute approximate surface area is 142 Å². The van der Waals surface area contributed by atoms with Crippen molar-refractivity contribution in [3.8, 4) is 11.3 Å². The molecule has 0 unspecified atom stereocenters. The van der Waals surface area contributed by atoms with E-state index < -0.39 is 0 Å². The van der Waals surface area contributed by atoms with E-state index >= 15 is 0 Å². The highest BCUT2D eigenvalue weighted by atomic mass is 16.1. The van der Waals surface area contributed by atoms with Gasteiger partial charge >= 0.3 is 0 Å². The lowest BCUT2D eigenvalue weighted by Gasteiger charge is -2.17. The molecule has 0 aliphatic heterocycles. The molecule has 1 N–H and O–H groups in total. The van der Waals surface area contributed by atoms with Gasteiger partial charge in [0.2, 0.25) is 5.91 Å². The Balaban J connectivity index is 2.05. The molecule has 3 aromatic rings. The van der Waals surface area contributed by atoms with E-state index in [2.05, 4.69) is 45.1 Å². The standard InChI is InChI=1S/C20H23N3O/c1-14-8-10-15(11-9-14)18-19(22-17(24)13-20(2,3)4)23-12-6-5-7-16(23)21-18/h5-12H,13H2,1-4H3,(H,22,24). The van der Waals surface area contributed by atoms with Gasteiger partial charge < -0.3 is 5.32 Å². The van der Waals surface area contributed by atoms with Crippen LogP contribution in [0.15, 0.2) is 48.7 Å². The molecule has 3 rings (SSSR count). The number of carbonyl (C=O) groups excluding carboxylic acids is 1. The highest BCUT2D eigenvalue weighted by molar-refractivity contribution is 5.94. The van der Waals surface area contributed by atoms with Crippen molar-refractivity contribution in [2.45, 2.75) is 34.1 Å². The van der Waals surface area contributed by atoms with Gasteiger partial charge in [-0.15, -0.1) is 0 Å². The van der Waals surface area contributed by atoms with Gasteiger partial charge in [-0.1, -0.05) is 56.7 Å². The maximum absolute atomic E-state index is 12.5. The van der Waals surface area contributed by atoms with Gasteiger partial charge in [0.05, 0.1) is 0 Å². The van der Waals surface area contributed by atoms with Crippen LogP contribution in [0.4, 0.5) is 5.82 Å².